The summed E-state index contributed by atoms with van der Waals surface area (Å²) in [5.74, 6) is 4.26. The number of nitrogens with one attached hydrogen (secondary N) is 2. The molecule has 1 amide bonds. The monoisotopic (exact) mass is 364 g/mol. The maximum absolute atomic E-state index is 11.6. The number of hydrogen-bond acceptors (Lipinski definition) is 2. The fourth-order valence-corrected chi connectivity index (χ4v) is 4.39. The van der Waals surface area contributed by atoms with E-state index in [9.17, 15) is 4.79 Å². The summed E-state index contributed by atoms with van der Waals surface area (Å²) >= 11 is 0. The minimum atomic E-state index is 0.168. The predicted octanol–water partition coefficient (Wildman–Crippen LogP) is 3.26. The number of hydrogen-bond donors (Lipinski definition) is 2. The molecule has 0 aromatic rings. The Kier molecular flexibility index (Phi) is 8.73. The molecule has 2 fully saturated rings. The summed E-state index contributed by atoms with van der Waals surface area (Å²) in [6.07, 6.45) is 8.24. The van der Waals surface area contributed by atoms with Gasteiger partial charge in [-0.2, -0.15) is 0 Å². The smallest absolute Gasteiger partial charge is 0.220 e. The van der Waals surface area contributed by atoms with E-state index < -0.39 is 0 Å². The minimum absolute atomic E-state index is 0.168. The normalized spacial score (nSPS) is 25.4. The van der Waals surface area contributed by atoms with Crippen LogP contribution in [-0.2, 0) is 4.79 Å². The van der Waals surface area contributed by atoms with Crippen LogP contribution in [0.3, 0.4) is 0 Å². The van der Waals surface area contributed by atoms with Crippen LogP contribution in [0.1, 0.15) is 65.7 Å². The second-order valence-electron chi connectivity index (χ2n) is 8.53. The maximum Gasteiger partial charge on any atom is 0.220 e. The first-order valence-corrected chi connectivity index (χ1v) is 10.8. The molecule has 1 aliphatic heterocycles. The minimum Gasteiger partial charge on any atom is -0.359 e. The van der Waals surface area contributed by atoms with Crippen LogP contribution in [0.4, 0.5) is 0 Å². The van der Waals surface area contributed by atoms with E-state index in [-0.39, 0.29) is 5.91 Å². The van der Waals surface area contributed by atoms with E-state index >= 15 is 0 Å². The molecule has 150 valence electrons. The van der Waals surface area contributed by atoms with Gasteiger partial charge in [0.2, 0.25) is 5.91 Å². The molecule has 0 spiro atoms. The molecular formula is C21H40N4O. The van der Waals surface area contributed by atoms with Crippen LogP contribution in [0.5, 0.6) is 0 Å². The van der Waals surface area contributed by atoms with Crippen molar-refractivity contribution in [3.8, 4) is 0 Å². The van der Waals surface area contributed by atoms with Crippen LogP contribution >= 0.6 is 0 Å². The lowest BCUT2D eigenvalue weighted by molar-refractivity contribution is -0.121. The molecule has 0 atom stereocenters. The summed E-state index contributed by atoms with van der Waals surface area (Å²) in [7, 11) is 1.72. The van der Waals surface area contributed by atoms with Gasteiger partial charge in [0, 0.05) is 39.6 Å². The average Bonchev–Trinajstić information content (AvgIpc) is 2.66. The summed E-state index contributed by atoms with van der Waals surface area (Å²) < 4.78 is 0. The lowest BCUT2D eigenvalue weighted by atomic mass is 9.77. The first kappa shape index (κ1) is 21.0. The summed E-state index contributed by atoms with van der Waals surface area (Å²) in [4.78, 5) is 19.0. The van der Waals surface area contributed by atoms with Gasteiger partial charge in [-0.3, -0.25) is 9.79 Å². The highest BCUT2D eigenvalue weighted by atomic mass is 16.1. The molecular weight excluding hydrogens is 324 g/mol. The fourth-order valence-electron chi connectivity index (χ4n) is 4.39. The van der Waals surface area contributed by atoms with Gasteiger partial charge in [-0.1, -0.05) is 13.8 Å². The molecule has 1 saturated heterocycles. The summed E-state index contributed by atoms with van der Waals surface area (Å²) in [6.45, 7) is 10.8. The third kappa shape index (κ3) is 6.48. The second kappa shape index (κ2) is 10.8. The number of aliphatic imine (C=N–C) groups is 1. The van der Waals surface area contributed by atoms with Crippen molar-refractivity contribution in [2.75, 3.05) is 33.2 Å². The molecule has 26 heavy (non-hydrogen) atoms. The number of carbonyl (C=O) groups excluding carboxylic acids is 1. The first-order valence-electron chi connectivity index (χ1n) is 10.8. The number of likely N-dealkylation sites (tertiary alicyclic amines) is 1. The Bertz CT molecular complexity index is 447. The quantitative estimate of drug-likeness (QED) is 0.562. The standard InChI is InChI=1S/C21H40N4O/c1-5-23-21(24-15-18-6-8-19(9-7-18)16(2)3)25-12-10-17(11-13-25)14-20(26)22-4/h16-19H,5-15H2,1-4H3,(H,22,26)(H,23,24). The van der Waals surface area contributed by atoms with Crippen LogP contribution in [0.25, 0.3) is 0 Å². The molecule has 1 saturated carbocycles. The Morgan fingerprint density at radius 1 is 1.08 bits per heavy atom. The van der Waals surface area contributed by atoms with Crippen molar-refractivity contribution in [1.29, 1.82) is 0 Å². The van der Waals surface area contributed by atoms with Crippen LogP contribution in [0.2, 0.25) is 0 Å². The van der Waals surface area contributed by atoms with Gasteiger partial charge in [-0.15, -0.1) is 0 Å². The lowest BCUT2D eigenvalue weighted by Gasteiger charge is -2.34. The molecule has 1 heterocycles. The summed E-state index contributed by atoms with van der Waals surface area (Å²) in [5.41, 5.74) is 0. The van der Waals surface area contributed by atoms with E-state index in [1.54, 1.807) is 7.05 Å². The highest BCUT2D eigenvalue weighted by Gasteiger charge is 2.25. The van der Waals surface area contributed by atoms with Crippen LogP contribution in [0, 0.1) is 23.7 Å². The molecule has 2 aliphatic rings. The van der Waals surface area contributed by atoms with E-state index in [1.165, 1.54) is 25.7 Å². The number of amides is 1. The Labute approximate surface area is 160 Å². The maximum atomic E-state index is 11.6. The summed E-state index contributed by atoms with van der Waals surface area (Å²) in [6, 6.07) is 0. The van der Waals surface area contributed by atoms with Crippen molar-refractivity contribution in [3.63, 3.8) is 0 Å². The third-order valence-corrected chi connectivity index (χ3v) is 6.34. The zero-order valence-electron chi connectivity index (χ0n) is 17.4. The molecule has 0 aromatic carbocycles. The van der Waals surface area contributed by atoms with Gasteiger partial charge in [-0.25, -0.2) is 0 Å². The van der Waals surface area contributed by atoms with E-state index in [4.69, 9.17) is 4.99 Å². The molecule has 0 unspecified atom stereocenters. The van der Waals surface area contributed by atoms with E-state index in [1.807, 2.05) is 0 Å². The topological polar surface area (TPSA) is 56.7 Å². The van der Waals surface area contributed by atoms with Gasteiger partial charge in [0.05, 0.1) is 0 Å². The Morgan fingerprint density at radius 2 is 1.73 bits per heavy atom. The molecule has 1 aliphatic carbocycles. The van der Waals surface area contributed by atoms with Gasteiger partial charge in [0.15, 0.2) is 5.96 Å². The molecule has 0 aromatic heterocycles. The van der Waals surface area contributed by atoms with E-state index in [0.29, 0.717) is 12.3 Å². The Balaban J connectivity index is 1.81. The number of piperidine rings is 1. The first-order chi connectivity index (χ1) is 12.5. The van der Waals surface area contributed by atoms with Crippen molar-refractivity contribution in [3.05, 3.63) is 0 Å². The van der Waals surface area contributed by atoms with E-state index in [0.717, 1.165) is 62.7 Å². The van der Waals surface area contributed by atoms with E-state index in [2.05, 4.69) is 36.3 Å². The highest BCUT2D eigenvalue weighted by molar-refractivity contribution is 5.80. The van der Waals surface area contributed by atoms with Gasteiger partial charge in [-0.05, 0) is 69.1 Å². The SMILES string of the molecule is CCNC(=NCC1CCC(C(C)C)CC1)N1CCC(CC(=O)NC)CC1. The van der Waals surface area contributed by atoms with Gasteiger partial charge < -0.3 is 15.5 Å². The molecule has 0 bridgehead atoms. The van der Waals surface area contributed by atoms with Gasteiger partial charge in [0.25, 0.3) is 0 Å². The Hall–Kier alpha value is -1.26. The Morgan fingerprint density at radius 3 is 2.27 bits per heavy atom. The summed E-state index contributed by atoms with van der Waals surface area (Å²) in [5, 5.41) is 6.23. The fraction of sp³-hybridized carbons (Fsp3) is 0.905. The largest absolute Gasteiger partial charge is 0.359 e. The predicted molar refractivity (Wildman–Crippen MR) is 109 cm³/mol. The number of nitrogens with zero attached hydrogens (tertiary/aromatic N) is 2. The number of carbonyl (C=O) groups is 1. The van der Waals surface area contributed by atoms with Crippen molar-refractivity contribution in [1.82, 2.24) is 15.5 Å². The molecule has 2 rings (SSSR count). The van der Waals surface area contributed by atoms with Crippen LogP contribution in [0.15, 0.2) is 4.99 Å². The van der Waals surface area contributed by atoms with Crippen molar-refractivity contribution in [2.24, 2.45) is 28.7 Å². The lowest BCUT2D eigenvalue weighted by Crippen LogP contribution is -2.46. The molecule has 2 N–H and O–H groups in total. The average molecular weight is 365 g/mol. The number of guanidine groups is 1. The molecule has 5 nitrogen and oxygen atoms in total. The third-order valence-electron chi connectivity index (χ3n) is 6.34. The van der Waals surface area contributed by atoms with Crippen molar-refractivity contribution in [2.45, 2.75) is 65.7 Å². The van der Waals surface area contributed by atoms with Crippen molar-refractivity contribution < 1.29 is 4.79 Å². The zero-order chi connectivity index (χ0) is 18.9. The van der Waals surface area contributed by atoms with Crippen LogP contribution in [-0.4, -0.2) is 50.0 Å². The van der Waals surface area contributed by atoms with Gasteiger partial charge >= 0.3 is 0 Å². The second-order valence-corrected chi connectivity index (χ2v) is 8.53. The zero-order valence-corrected chi connectivity index (χ0v) is 17.4. The van der Waals surface area contributed by atoms with Crippen molar-refractivity contribution >= 4 is 11.9 Å². The molecule has 0 radical (unpaired) electrons. The highest BCUT2D eigenvalue weighted by Crippen LogP contribution is 2.33. The van der Waals surface area contributed by atoms with Gasteiger partial charge in [0.1, 0.15) is 0 Å². The number of rotatable bonds is 6. The molecule has 5 heteroatoms. The van der Waals surface area contributed by atoms with Crippen LogP contribution < -0.4 is 10.6 Å².